The second-order valence-corrected chi connectivity index (χ2v) is 5.73. The summed E-state index contributed by atoms with van der Waals surface area (Å²) in [6.07, 6.45) is 3.66. The first kappa shape index (κ1) is 14.4. The summed E-state index contributed by atoms with van der Waals surface area (Å²) in [5, 5.41) is 13.0. The Kier molecular flexibility index (Phi) is 5.23. The van der Waals surface area contributed by atoms with Gasteiger partial charge in [-0.05, 0) is 30.9 Å². The van der Waals surface area contributed by atoms with Crippen LogP contribution in [0.25, 0.3) is 0 Å². The molecule has 0 radical (unpaired) electrons. The molecule has 0 saturated heterocycles. The smallest absolute Gasteiger partial charge is 0.0602 e. The minimum absolute atomic E-state index is 0.145. The molecule has 3 heteroatoms. The largest absolute Gasteiger partial charge is 0.395 e. The third-order valence-corrected chi connectivity index (χ3v) is 3.69. The van der Waals surface area contributed by atoms with Crippen LogP contribution in [0.1, 0.15) is 32.3 Å². The van der Waals surface area contributed by atoms with Crippen LogP contribution in [0.3, 0.4) is 0 Å². The molecule has 19 heavy (non-hydrogen) atoms. The molecule has 1 heterocycles. The van der Waals surface area contributed by atoms with E-state index in [1.54, 1.807) is 0 Å². The number of hydrogen-bond acceptors (Lipinski definition) is 3. The predicted molar refractivity (Wildman–Crippen MR) is 80.7 cm³/mol. The Morgan fingerprint density at radius 3 is 2.79 bits per heavy atom. The molecule has 0 aliphatic carbocycles. The number of rotatable bonds is 5. The van der Waals surface area contributed by atoms with Crippen molar-refractivity contribution >= 4 is 5.69 Å². The highest BCUT2D eigenvalue weighted by molar-refractivity contribution is 5.54. The Labute approximate surface area is 116 Å². The molecule has 0 fully saturated rings. The molecule has 0 amide bonds. The number of fused-ring (bicyclic) bond motifs is 1. The quantitative estimate of drug-likeness (QED) is 0.854. The summed E-state index contributed by atoms with van der Waals surface area (Å²) >= 11 is 0. The normalized spacial score (nSPS) is 17.2. The maximum Gasteiger partial charge on any atom is 0.0602 e. The van der Waals surface area contributed by atoms with E-state index in [0.717, 1.165) is 13.1 Å². The number of para-hydroxylation sites is 1. The van der Waals surface area contributed by atoms with Gasteiger partial charge in [0.05, 0.1) is 6.61 Å². The molecule has 1 atom stereocenters. The van der Waals surface area contributed by atoms with E-state index in [9.17, 15) is 5.11 Å². The third kappa shape index (κ3) is 3.95. The van der Waals surface area contributed by atoms with E-state index >= 15 is 0 Å². The molecule has 1 aliphatic heterocycles. The summed E-state index contributed by atoms with van der Waals surface area (Å²) in [6, 6.07) is 9.23. The van der Waals surface area contributed by atoms with Crippen molar-refractivity contribution in [1.29, 1.82) is 0 Å². The molecule has 0 aromatic heterocycles. The highest BCUT2D eigenvalue weighted by Gasteiger charge is 2.18. The first-order valence-corrected chi connectivity index (χ1v) is 7.40. The van der Waals surface area contributed by atoms with Gasteiger partial charge in [-0.25, -0.2) is 0 Å². The van der Waals surface area contributed by atoms with Crippen LogP contribution >= 0.6 is 0 Å². The van der Waals surface area contributed by atoms with E-state index < -0.39 is 0 Å². The Bertz CT molecular complexity index is 392. The van der Waals surface area contributed by atoms with Crippen LogP contribution in [0.5, 0.6) is 0 Å². The number of hydrogen-bond donors (Lipinski definition) is 2. The molecular weight excluding hydrogens is 236 g/mol. The lowest BCUT2D eigenvalue weighted by atomic mass is 10.1. The van der Waals surface area contributed by atoms with Crippen molar-refractivity contribution in [3.8, 4) is 0 Å². The Balaban J connectivity index is 2.10. The van der Waals surface area contributed by atoms with Gasteiger partial charge in [0, 0.05) is 30.9 Å². The van der Waals surface area contributed by atoms with Gasteiger partial charge in [0.1, 0.15) is 0 Å². The maximum absolute atomic E-state index is 9.53. The average molecular weight is 262 g/mol. The molecular formula is C16H26N2O. The zero-order valence-electron chi connectivity index (χ0n) is 12.1. The molecule has 2 rings (SSSR count). The number of nitrogens with one attached hydrogen (secondary N) is 1. The predicted octanol–water partition coefficient (Wildman–Crippen LogP) is 2.19. The molecule has 1 unspecified atom stereocenters. The average Bonchev–Trinajstić information content (AvgIpc) is 2.60. The summed E-state index contributed by atoms with van der Waals surface area (Å²) < 4.78 is 0. The second-order valence-electron chi connectivity index (χ2n) is 5.73. The topological polar surface area (TPSA) is 35.5 Å². The van der Waals surface area contributed by atoms with Crippen LogP contribution in [0, 0.1) is 0 Å². The van der Waals surface area contributed by atoms with Crippen molar-refractivity contribution in [2.24, 2.45) is 0 Å². The lowest BCUT2D eigenvalue weighted by Crippen LogP contribution is -2.46. The minimum atomic E-state index is 0.145. The summed E-state index contributed by atoms with van der Waals surface area (Å²) in [5.41, 5.74) is 2.80. The van der Waals surface area contributed by atoms with Gasteiger partial charge in [0.2, 0.25) is 0 Å². The van der Waals surface area contributed by atoms with Crippen LogP contribution in [0.2, 0.25) is 0 Å². The van der Waals surface area contributed by atoms with Crippen LogP contribution in [-0.2, 0) is 6.42 Å². The van der Waals surface area contributed by atoms with Gasteiger partial charge in [0.15, 0.2) is 0 Å². The maximum atomic E-state index is 9.53. The molecule has 2 N–H and O–H groups in total. The number of anilines is 1. The van der Waals surface area contributed by atoms with E-state index in [1.807, 2.05) is 0 Å². The van der Waals surface area contributed by atoms with Crippen molar-refractivity contribution in [1.82, 2.24) is 5.32 Å². The molecule has 0 bridgehead atoms. The number of aryl methyl sites for hydroxylation is 1. The first-order chi connectivity index (χ1) is 9.20. The summed E-state index contributed by atoms with van der Waals surface area (Å²) in [6.45, 7) is 6.41. The molecule has 1 aromatic carbocycles. The minimum Gasteiger partial charge on any atom is -0.395 e. The Hall–Kier alpha value is -1.06. The van der Waals surface area contributed by atoms with E-state index in [2.05, 4.69) is 48.3 Å². The van der Waals surface area contributed by atoms with Gasteiger partial charge < -0.3 is 15.3 Å². The Morgan fingerprint density at radius 2 is 2.05 bits per heavy atom. The van der Waals surface area contributed by atoms with E-state index in [1.165, 1.54) is 30.5 Å². The fraction of sp³-hybridized carbons (Fsp3) is 0.625. The highest BCUT2D eigenvalue weighted by Crippen LogP contribution is 2.26. The number of aliphatic hydroxyl groups is 1. The van der Waals surface area contributed by atoms with Crippen LogP contribution in [-0.4, -0.2) is 36.9 Å². The fourth-order valence-corrected chi connectivity index (χ4v) is 2.86. The number of aliphatic hydroxyl groups excluding tert-OH is 1. The highest BCUT2D eigenvalue weighted by atomic mass is 16.3. The fourth-order valence-electron chi connectivity index (χ4n) is 2.86. The SMILES string of the molecule is CC(C)NC(CO)CN1CCCCc2ccccc21. The number of benzene rings is 1. The van der Waals surface area contributed by atoms with Gasteiger partial charge in [-0.15, -0.1) is 0 Å². The molecule has 3 nitrogen and oxygen atoms in total. The van der Waals surface area contributed by atoms with Crippen molar-refractivity contribution in [3.63, 3.8) is 0 Å². The zero-order chi connectivity index (χ0) is 13.7. The number of nitrogens with zero attached hydrogens (tertiary/aromatic N) is 1. The molecule has 0 saturated carbocycles. The van der Waals surface area contributed by atoms with Crippen LogP contribution in [0.4, 0.5) is 5.69 Å². The van der Waals surface area contributed by atoms with Gasteiger partial charge in [-0.2, -0.15) is 0 Å². The first-order valence-electron chi connectivity index (χ1n) is 7.40. The van der Waals surface area contributed by atoms with Gasteiger partial charge in [-0.1, -0.05) is 32.0 Å². The third-order valence-electron chi connectivity index (χ3n) is 3.69. The summed E-state index contributed by atoms with van der Waals surface area (Å²) in [5.74, 6) is 0. The monoisotopic (exact) mass is 262 g/mol. The van der Waals surface area contributed by atoms with Crippen molar-refractivity contribution in [2.45, 2.75) is 45.2 Å². The van der Waals surface area contributed by atoms with Crippen molar-refractivity contribution in [3.05, 3.63) is 29.8 Å². The lowest BCUT2D eigenvalue weighted by molar-refractivity contribution is 0.236. The summed E-state index contributed by atoms with van der Waals surface area (Å²) in [4.78, 5) is 2.43. The molecule has 1 aromatic rings. The van der Waals surface area contributed by atoms with Gasteiger partial charge in [0.25, 0.3) is 0 Å². The second kappa shape index (κ2) is 6.92. The van der Waals surface area contributed by atoms with E-state index in [-0.39, 0.29) is 12.6 Å². The molecule has 1 aliphatic rings. The van der Waals surface area contributed by atoms with E-state index in [4.69, 9.17) is 0 Å². The Morgan fingerprint density at radius 1 is 1.26 bits per heavy atom. The van der Waals surface area contributed by atoms with Crippen LogP contribution in [0.15, 0.2) is 24.3 Å². The standard InChI is InChI=1S/C16H26N2O/c1-13(2)17-15(12-19)11-18-10-6-5-8-14-7-3-4-9-16(14)18/h3-4,7,9,13,15,17,19H,5-6,8,10-12H2,1-2H3. The van der Waals surface area contributed by atoms with Crippen LogP contribution < -0.4 is 10.2 Å². The van der Waals surface area contributed by atoms with Gasteiger partial charge in [-0.3, -0.25) is 0 Å². The lowest BCUT2D eigenvalue weighted by Gasteiger charge is -2.30. The van der Waals surface area contributed by atoms with Gasteiger partial charge >= 0.3 is 0 Å². The van der Waals surface area contributed by atoms with Crippen molar-refractivity contribution < 1.29 is 5.11 Å². The summed E-state index contributed by atoms with van der Waals surface area (Å²) in [7, 11) is 0. The van der Waals surface area contributed by atoms with Crippen molar-refractivity contribution in [2.75, 3.05) is 24.6 Å². The molecule has 106 valence electrons. The van der Waals surface area contributed by atoms with E-state index in [0.29, 0.717) is 6.04 Å². The molecule has 0 spiro atoms. The zero-order valence-corrected chi connectivity index (χ0v) is 12.1.